The van der Waals surface area contributed by atoms with Crippen LogP contribution < -0.4 is 10.6 Å². The van der Waals surface area contributed by atoms with Gasteiger partial charge < -0.3 is 15.2 Å². The zero-order valence-corrected chi connectivity index (χ0v) is 17.3. The number of carbonyl (C=O) groups excluding carboxylic acids is 2. The summed E-state index contributed by atoms with van der Waals surface area (Å²) in [6.45, 7) is 6.79. The van der Waals surface area contributed by atoms with Gasteiger partial charge >= 0.3 is 0 Å². The Hall–Kier alpha value is -2.72. The van der Waals surface area contributed by atoms with Gasteiger partial charge in [0.25, 0.3) is 0 Å². The lowest BCUT2D eigenvalue weighted by Crippen LogP contribution is -2.35. The van der Waals surface area contributed by atoms with Crippen LogP contribution >= 0.6 is 0 Å². The summed E-state index contributed by atoms with van der Waals surface area (Å²) in [4.78, 5) is 23.2. The van der Waals surface area contributed by atoms with Crippen LogP contribution in [0.2, 0.25) is 0 Å². The average molecular weight is 408 g/mol. The topological polar surface area (TPSA) is 122 Å². The molecule has 10 heteroatoms. The van der Waals surface area contributed by atoms with Crippen molar-refractivity contribution >= 4 is 33.3 Å². The molecule has 28 heavy (non-hydrogen) atoms. The molecular weight excluding hydrogens is 384 g/mol. The Balaban J connectivity index is 2.04. The molecule has 1 aromatic carbocycles. The highest BCUT2D eigenvalue weighted by Gasteiger charge is 2.24. The predicted molar refractivity (Wildman–Crippen MR) is 104 cm³/mol. The Kier molecular flexibility index (Phi) is 6.25. The molecule has 0 saturated heterocycles. The smallest absolute Gasteiger partial charge is 0.243 e. The number of amides is 2. The molecule has 0 radical (unpaired) electrons. The van der Waals surface area contributed by atoms with Gasteiger partial charge in [0.15, 0.2) is 5.82 Å². The highest BCUT2D eigenvalue weighted by atomic mass is 32.2. The minimum absolute atomic E-state index is 0.00774. The first-order chi connectivity index (χ1) is 12.9. The lowest BCUT2D eigenvalue weighted by Gasteiger charge is -2.16. The van der Waals surface area contributed by atoms with Gasteiger partial charge in [-0.3, -0.25) is 9.59 Å². The molecule has 152 valence electrons. The van der Waals surface area contributed by atoms with E-state index in [1.54, 1.807) is 6.07 Å². The van der Waals surface area contributed by atoms with Gasteiger partial charge in [-0.25, -0.2) is 8.42 Å². The van der Waals surface area contributed by atoms with Gasteiger partial charge in [0.2, 0.25) is 21.8 Å². The zero-order valence-electron chi connectivity index (χ0n) is 16.4. The van der Waals surface area contributed by atoms with E-state index < -0.39 is 22.5 Å². The first-order valence-corrected chi connectivity index (χ1v) is 9.94. The van der Waals surface area contributed by atoms with Crippen molar-refractivity contribution in [1.29, 1.82) is 0 Å². The van der Waals surface area contributed by atoms with E-state index in [1.165, 1.54) is 38.2 Å². The molecule has 9 nitrogen and oxygen atoms in total. The number of hydrogen-bond acceptors (Lipinski definition) is 6. The number of carbonyl (C=O) groups is 2. The Morgan fingerprint density at radius 1 is 1.14 bits per heavy atom. The first kappa shape index (κ1) is 21.6. The summed E-state index contributed by atoms with van der Waals surface area (Å²) in [5.41, 5.74) is 0.215. The van der Waals surface area contributed by atoms with Gasteiger partial charge in [0, 0.05) is 31.1 Å². The van der Waals surface area contributed by atoms with Crippen molar-refractivity contribution < 1.29 is 22.5 Å². The first-order valence-electron chi connectivity index (χ1n) is 8.50. The molecule has 0 aliphatic rings. The second-order valence-corrected chi connectivity index (χ2v) is 9.39. The molecule has 1 aromatic heterocycles. The van der Waals surface area contributed by atoms with E-state index in [0.717, 1.165) is 4.31 Å². The van der Waals surface area contributed by atoms with Gasteiger partial charge in [-0.1, -0.05) is 25.9 Å². The number of likely N-dealkylation sites (N-methyl/N-ethyl adjacent to an activating group) is 1. The molecule has 0 saturated carbocycles. The zero-order chi connectivity index (χ0) is 21.1. The third-order valence-electron chi connectivity index (χ3n) is 3.77. The lowest BCUT2D eigenvalue weighted by atomic mass is 9.93. The van der Waals surface area contributed by atoms with Gasteiger partial charge in [-0.05, 0) is 24.3 Å². The van der Waals surface area contributed by atoms with E-state index in [-0.39, 0.29) is 22.0 Å². The summed E-state index contributed by atoms with van der Waals surface area (Å²) in [7, 11) is -2.57. The van der Waals surface area contributed by atoms with Crippen LogP contribution in [0, 0.1) is 0 Å². The number of nitrogens with zero attached hydrogens (tertiary/aromatic N) is 2. The summed E-state index contributed by atoms with van der Waals surface area (Å²) < 4.78 is 31.3. The van der Waals surface area contributed by atoms with Crippen LogP contribution in [-0.2, 0) is 25.0 Å². The van der Waals surface area contributed by atoms with E-state index >= 15 is 0 Å². The van der Waals surface area contributed by atoms with Crippen molar-refractivity contribution in [3.8, 4) is 0 Å². The monoisotopic (exact) mass is 408 g/mol. The molecule has 0 aliphatic heterocycles. The van der Waals surface area contributed by atoms with Crippen LogP contribution in [0.15, 0.2) is 39.8 Å². The molecular formula is C18H24N4O5S. The SMILES string of the molecule is CC(=O)Nc1ccc(S(=O)(=O)N(C)CC(=O)Nc2cc(C(C)(C)C)on2)cc1. The third-order valence-corrected chi connectivity index (χ3v) is 5.58. The lowest BCUT2D eigenvalue weighted by molar-refractivity contribution is -0.116. The van der Waals surface area contributed by atoms with Crippen LogP contribution in [0.25, 0.3) is 0 Å². The van der Waals surface area contributed by atoms with Crippen LogP contribution in [0.3, 0.4) is 0 Å². The number of benzene rings is 1. The number of aromatic nitrogens is 1. The summed E-state index contributed by atoms with van der Waals surface area (Å²) in [5.74, 6) is 0.0185. The summed E-state index contributed by atoms with van der Waals surface area (Å²) in [6.07, 6.45) is 0. The van der Waals surface area contributed by atoms with Crippen molar-refractivity contribution in [2.75, 3.05) is 24.2 Å². The van der Waals surface area contributed by atoms with Crippen molar-refractivity contribution in [2.24, 2.45) is 0 Å². The fourth-order valence-electron chi connectivity index (χ4n) is 2.25. The molecule has 2 rings (SSSR count). The molecule has 0 bridgehead atoms. The minimum Gasteiger partial charge on any atom is -0.359 e. The van der Waals surface area contributed by atoms with Crippen molar-refractivity contribution in [1.82, 2.24) is 9.46 Å². The maximum Gasteiger partial charge on any atom is 0.243 e. The molecule has 2 aromatic rings. The van der Waals surface area contributed by atoms with Crippen LogP contribution in [0.1, 0.15) is 33.5 Å². The fraction of sp³-hybridized carbons (Fsp3) is 0.389. The molecule has 0 fully saturated rings. The van der Waals surface area contributed by atoms with Crippen LogP contribution in [0.4, 0.5) is 11.5 Å². The van der Waals surface area contributed by atoms with E-state index in [1.807, 2.05) is 20.8 Å². The summed E-state index contributed by atoms with van der Waals surface area (Å²) in [5, 5.41) is 8.85. The number of hydrogen-bond donors (Lipinski definition) is 2. The van der Waals surface area contributed by atoms with Gasteiger partial charge in [-0.2, -0.15) is 4.31 Å². The van der Waals surface area contributed by atoms with Crippen molar-refractivity contribution in [3.05, 3.63) is 36.1 Å². The maximum atomic E-state index is 12.6. The maximum absolute atomic E-state index is 12.6. The second-order valence-electron chi connectivity index (χ2n) is 7.34. The molecule has 0 unspecified atom stereocenters. The molecule has 0 atom stereocenters. The Morgan fingerprint density at radius 2 is 1.75 bits per heavy atom. The Morgan fingerprint density at radius 3 is 2.25 bits per heavy atom. The average Bonchev–Trinajstić information content (AvgIpc) is 3.03. The van der Waals surface area contributed by atoms with E-state index in [0.29, 0.717) is 11.4 Å². The van der Waals surface area contributed by atoms with Crippen LogP contribution in [0.5, 0.6) is 0 Å². The number of sulfonamides is 1. The highest BCUT2D eigenvalue weighted by Crippen LogP contribution is 2.24. The fourth-order valence-corrected chi connectivity index (χ4v) is 3.38. The molecule has 0 spiro atoms. The van der Waals surface area contributed by atoms with Crippen molar-refractivity contribution in [3.63, 3.8) is 0 Å². The predicted octanol–water partition coefficient (Wildman–Crippen LogP) is 2.19. The van der Waals surface area contributed by atoms with Gasteiger partial charge in [0.05, 0.1) is 11.4 Å². The molecule has 2 N–H and O–H groups in total. The second kappa shape index (κ2) is 8.11. The summed E-state index contributed by atoms with van der Waals surface area (Å²) in [6, 6.07) is 7.29. The van der Waals surface area contributed by atoms with Gasteiger partial charge in [0.1, 0.15) is 5.76 Å². The van der Waals surface area contributed by atoms with E-state index in [9.17, 15) is 18.0 Å². The highest BCUT2D eigenvalue weighted by molar-refractivity contribution is 7.89. The number of nitrogens with one attached hydrogen (secondary N) is 2. The van der Waals surface area contributed by atoms with Crippen molar-refractivity contribution in [2.45, 2.75) is 38.0 Å². The van der Waals surface area contributed by atoms with E-state index in [4.69, 9.17) is 4.52 Å². The Labute approximate surface area is 164 Å². The largest absolute Gasteiger partial charge is 0.359 e. The molecule has 1 heterocycles. The Bertz CT molecular complexity index is 959. The third kappa shape index (κ3) is 5.40. The molecule has 0 aliphatic carbocycles. The molecule has 2 amide bonds. The number of rotatable bonds is 6. The normalized spacial score (nSPS) is 12.1. The quantitative estimate of drug-likeness (QED) is 0.756. The van der Waals surface area contributed by atoms with E-state index in [2.05, 4.69) is 15.8 Å². The summed E-state index contributed by atoms with van der Waals surface area (Å²) >= 11 is 0. The standard InChI is InChI=1S/C18H24N4O5S/c1-12(23)19-13-6-8-14(9-7-13)28(25,26)22(5)11-17(24)20-16-10-15(27-21-16)18(2,3)4/h6-10H,11H2,1-5H3,(H,19,23)(H,20,21,24). The van der Waals surface area contributed by atoms with Crippen LogP contribution in [-0.4, -0.2) is 43.3 Å². The van der Waals surface area contributed by atoms with Gasteiger partial charge in [-0.15, -0.1) is 0 Å². The minimum atomic E-state index is -3.87. The number of anilines is 2.